The summed E-state index contributed by atoms with van der Waals surface area (Å²) in [5, 5.41) is 0. The third-order valence-corrected chi connectivity index (χ3v) is 7.02. The molecule has 8 unspecified atom stereocenters. The van der Waals surface area contributed by atoms with Crippen molar-refractivity contribution in [2.45, 2.75) is 64.1 Å². The third-order valence-electron chi connectivity index (χ3n) is 7.02. The zero-order valence-electron chi connectivity index (χ0n) is 12.5. The monoisotopic (exact) mass is 280 g/mol. The molecule has 0 N–H and O–H groups in total. The second kappa shape index (κ2) is 4.20. The van der Waals surface area contributed by atoms with Gasteiger partial charge in [0.05, 0.1) is 0 Å². The van der Waals surface area contributed by atoms with Crippen LogP contribution in [-0.2, 0) is 9.53 Å². The summed E-state index contributed by atoms with van der Waals surface area (Å²) in [5.74, 6) is 4.21. The van der Waals surface area contributed by atoms with E-state index in [0.29, 0.717) is 5.92 Å². The molecule has 2 nitrogen and oxygen atoms in total. The Morgan fingerprint density at radius 2 is 1.85 bits per heavy atom. The standard InChI is InChI=1S/C17H25FO2/c1-3-17(2,18)16(19)20-13-8-11-7-12(13)15-10-5-4-9(6-10)14(11)15/h9-15H,3-8H2,1-2H3. The van der Waals surface area contributed by atoms with Gasteiger partial charge in [0.25, 0.3) is 0 Å². The molecule has 20 heavy (non-hydrogen) atoms. The summed E-state index contributed by atoms with van der Waals surface area (Å²) in [7, 11) is 0. The number of rotatable bonds is 3. The summed E-state index contributed by atoms with van der Waals surface area (Å²) >= 11 is 0. The van der Waals surface area contributed by atoms with E-state index in [4.69, 9.17) is 4.74 Å². The predicted molar refractivity (Wildman–Crippen MR) is 73.7 cm³/mol. The molecule has 0 spiro atoms. The third kappa shape index (κ3) is 1.64. The second-order valence-corrected chi connectivity index (χ2v) is 7.88. The van der Waals surface area contributed by atoms with Gasteiger partial charge in [0.2, 0.25) is 5.67 Å². The molecule has 4 fully saturated rings. The van der Waals surface area contributed by atoms with Crippen molar-refractivity contribution in [2.75, 3.05) is 0 Å². The molecule has 112 valence electrons. The Balaban J connectivity index is 1.47. The highest BCUT2D eigenvalue weighted by Gasteiger charge is 2.63. The highest BCUT2D eigenvalue weighted by Crippen LogP contribution is 2.67. The number of halogens is 1. The number of hydrogen-bond donors (Lipinski definition) is 0. The van der Waals surface area contributed by atoms with Crippen LogP contribution in [0, 0.1) is 35.5 Å². The Hall–Kier alpha value is -0.600. The second-order valence-electron chi connectivity index (χ2n) is 7.88. The zero-order chi connectivity index (χ0) is 14.1. The number of ether oxygens (including phenoxy) is 1. The molecule has 0 aliphatic heterocycles. The molecule has 4 bridgehead atoms. The van der Waals surface area contributed by atoms with Crippen molar-refractivity contribution in [2.24, 2.45) is 35.5 Å². The fraction of sp³-hybridized carbons (Fsp3) is 0.941. The van der Waals surface area contributed by atoms with E-state index < -0.39 is 11.6 Å². The van der Waals surface area contributed by atoms with E-state index in [2.05, 4.69) is 0 Å². The molecule has 0 aromatic heterocycles. The fourth-order valence-corrected chi connectivity index (χ4v) is 6.04. The Morgan fingerprint density at radius 1 is 1.15 bits per heavy atom. The maximum Gasteiger partial charge on any atom is 0.343 e. The van der Waals surface area contributed by atoms with E-state index in [1.807, 2.05) is 0 Å². The first-order chi connectivity index (χ1) is 9.51. The maximum atomic E-state index is 14.1. The van der Waals surface area contributed by atoms with Gasteiger partial charge in [0, 0.05) is 0 Å². The Morgan fingerprint density at radius 3 is 2.55 bits per heavy atom. The van der Waals surface area contributed by atoms with Crippen molar-refractivity contribution in [1.82, 2.24) is 0 Å². The van der Waals surface area contributed by atoms with Crippen molar-refractivity contribution in [3.63, 3.8) is 0 Å². The van der Waals surface area contributed by atoms with Gasteiger partial charge in [-0.25, -0.2) is 9.18 Å². The quantitative estimate of drug-likeness (QED) is 0.581. The fourth-order valence-electron chi connectivity index (χ4n) is 6.04. The van der Waals surface area contributed by atoms with Crippen LogP contribution in [0.5, 0.6) is 0 Å². The molecule has 0 amide bonds. The number of alkyl halides is 1. The summed E-state index contributed by atoms with van der Waals surface area (Å²) < 4.78 is 19.7. The van der Waals surface area contributed by atoms with E-state index >= 15 is 0 Å². The molecule has 4 aliphatic rings. The predicted octanol–water partition coefficient (Wildman–Crippen LogP) is 3.74. The lowest BCUT2D eigenvalue weighted by atomic mass is 9.70. The molecular formula is C17H25FO2. The van der Waals surface area contributed by atoms with Crippen molar-refractivity contribution >= 4 is 5.97 Å². The minimum Gasteiger partial charge on any atom is -0.460 e. The van der Waals surface area contributed by atoms with Crippen LogP contribution in [0.2, 0.25) is 0 Å². The van der Waals surface area contributed by atoms with Crippen molar-refractivity contribution < 1.29 is 13.9 Å². The SMILES string of the molecule is CCC(C)(F)C(=O)OC1CC2CC1C1C3CCC(C3)C21. The van der Waals surface area contributed by atoms with Gasteiger partial charge in [0.15, 0.2) is 0 Å². The minimum absolute atomic E-state index is 0.00900. The average molecular weight is 280 g/mol. The van der Waals surface area contributed by atoms with Gasteiger partial charge in [-0.05, 0) is 81.0 Å². The van der Waals surface area contributed by atoms with E-state index in [1.165, 1.54) is 32.6 Å². The van der Waals surface area contributed by atoms with Crippen LogP contribution in [0.3, 0.4) is 0 Å². The van der Waals surface area contributed by atoms with Crippen LogP contribution < -0.4 is 0 Å². The molecule has 3 heteroatoms. The van der Waals surface area contributed by atoms with Gasteiger partial charge in [-0.1, -0.05) is 6.92 Å². The lowest BCUT2D eigenvalue weighted by molar-refractivity contribution is -0.167. The van der Waals surface area contributed by atoms with E-state index in [1.54, 1.807) is 6.92 Å². The maximum absolute atomic E-state index is 14.1. The molecule has 8 atom stereocenters. The van der Waals surface area contributed by atoms with Gasteiger partial charge in [-0.15, -0.1) is 0 Å². The van der Waals surface area contributed by atoms with Crippen molar-refractivity contribution in [3.05, 3.63) is 0 Å². The van der Waals surface area contributed by atoms with Crippen LogP contribution in [0.25, 0.3) is 0 Å². The van der Waals surface area contributed by atoms with Crippen LogP contribution in [0.4, 0.5) is 4.39 Å². The number of carbonyl (C=O) groups excluding carboxylic acids is 1. The van der Waals surface area contributed by atoms with E-state index in [9.17, 15) is 9.18 Å². The first kappa shape index (κ1) is 13.1. The van der Waals surface area contributed by atoms with Gasteiger partial charge >= 0.3 is 5.97 Å². The lowest BCUT2D eigenvalue weighted by Crippen LogP contribution is -2.41. The molecule has 4 rings (SSSR count). The topological polar surface area (TPSA) is 26.3 Å². The normalized spacial score (nSPS) is 51.0. The van der Waals surface area contributed by atoms with Crippen LogP contribution in [0.15, 0.2) is 0 Å². The van der Waals surface area contributed by atoms with Crippen LogP contribution in [0.1, 0.15) is 52.4 Å². The van der Waals surface area contributed by atoms with Crippen LogP contribution >= 0.6 is 0 Å². The first-order valence-electron chi connectivity index (χ1n) is 8.41. The van der Waals surface area contributed by atoms with E-state index in [-0.39, 0.29) is 12.5 Å². The molecule has 0 heterocycles. The lowest BCUT2D eigenvalue weighted by Gasteiger charge is -2.38. The van der Waals surface area contributed by atoms with Gasteiger partial charge in [-0.2, -0.15) is 0 Å². The average Bonchev–Trinajstić information content (AvgIpc) is 3.16. The Bertz CT molecular complexity index is 433. The van der Waals surface area contributed by atoms with Crippen molar-refractivity contribution in [1.29, 1.82) is 0 Å². The Kier molecular flexibility index (Phi) is 2.75. The first-order valence-corrected chi connectivity index (χ1v) is 8.41. The van der Waals surface area contributed by atoms with Gasteiger partial charge < -0.3 is 4.74 Å². The zero-order valence-corrected chi connectivity index (χ0v) is 12.5. The molecule has 0 aromatic carbocycles. The minimum atomic E-state index is -1.81. The largest absolute Gasteiger partial charge is 0.460 e. The Labute approximate surface area is 120 Å². The number of esters is 1. The summed E-state index contributed by atoms with van der Waals surface area (Å²) in [4.78, 5) is 12.0. The summed E-state index contributed by atoms with van der Waals surface area (Å²) in [6, 6.07) is 0. The molecule has 4 saturated carbocycles. The molecule has 0 saturated heterocycles. The molecule has 4 aliphatic carbocycles. The summed E-state index contributed by atoms with van der Waals surface area (Å²) in [6.07, 6.45) is 6.66. The number of carbonyl (C=O) groups is 1. The van der Waals surface area contributed by atoms with Gasteiger partial charge in [0.1, 0.15) is 6.10 Å². The van der Waals surface area contributed by atoms with E-state index in [0.717, 1.165) is 36.0 Å². The van der Waals surface area contributed by atoms with Gasteiger partial charge in [-0.3, -0.25) is 0 Å². The summed E-state index contributed by atoms with van der Waals surface area (Å²) in [5.41, 5.74) is -1.81. The number of fused-ring (bicyclic) bond motifs is 9. The summed E-state index contributed by atoms with van der Waals surface area (Å²) in [6.45, 7) is 3.05. The number of hydrogen-bond acceptors (Lipinski definition) is 2. The highest BCUT2D eigenvalue weighted by atomic mass is 19.1. The smallest absolute Gasteiger partial charge is 0.343 e. The molecule has 0 aromatic rings. The van der Waals surface area contributed by atoms with Crippen LogP contribution in [-0.4, -0.2) is 17.7 Å². The molecule has 0 radical (unpaired) electrons. The molecular weight excluding hydrogens is 255 g/mol. The highest BCUT2D eigenvalue weighted by molar-refractivity contribution is 5.79. The van der Waals surface area contributed by atoms with Crippen molar-refractivity contribution in [3.8, 4) is 0 Å².